The number of rotatable bonds is 3. The normalized spacial score (nSPS) is 28.5. The summed E-state index contributed by atoms with van der Waals surface area (Å²) in [5, 5.41) is 0. The molecule has 2 N–H and O–H groups in total. The molecule has 0 spiro atoms. The topological polar surface area (TPSA) is 35.2 Å². The summed E-state index contributed by atoms with van der Waals surface area (Å²) in [6.07, 6.45) is 6.64. The maximum Gasteiger partial charge on any atom is 0.0808 e. The Labute approximate surface area is 103 Å². The molecule has 2 aliphatic carbocycles. The molecular weight excluding hydrogens is 210 g/mol. The molecule has 0 bridgehead atoms. The first kappa shape index (κ1) is 11.2. The third-order valence-electron chi connectivity index (χ3n) is 4.26. The van der Waals surface area contributed by atoms with Gasteiger partial charge in [-0.15, -0.1) is 0 Å². The predicted molar refractivity (Wildman–Crippen MR) is 68.8 cm³/mol. The van der Waals surface area contributed by atoms with Crippen LogP contribution in [0, 0.1) is 5.92 Å². The molecule has 2 unspecified atom stereocenters. The van der Waals surface area contributed by atoms with Crippen LogP contribution < -0.4 is 5.73 Å². The van der Waals surface area contributed by atoms with Crippen LogP contribution in [-0.4, -0.2) is 12.7 Å². The molecule has 2 heteroatoms. The van der Waals surface area contributed by atoms with Crippen molar-refractivity contribution in [2.75, 3.05) is 6.61 Å². The molecule has 2 aliphatic rings. The molecule has 2 nitrogen and oxygen atoms in total. The van der Waals surface area contributed by atoms with Gasteiger partial charge in [0.2, 0.25) is 0 Å². The van der Waals surface area contributed by atoms with Gasteiger partial charge in [-0.2, -0.15) is 0 Å². The van der Waals surface area contributed by atoms with E-state index in [2.05, 4.69) is 24.3 Å². The molecule has 1 saturated carbocycles. The van der Waals surface area contributed by atoms with E-state index in [0.717, 1.165) is 18.9 Å². The second kappa shape index (κ2) is 4.79. The van der Waals surface area contributed by atoms with Crippen LogP contribution in [0.5, 0.6) is 0 Å². The van der Waals surface area contributed by atoms with Gasteiger partial charge >= 0.3 is 0 Å². The Morgan fingerprint density at radius 1 is 1.18 bits per heavy atom. The number of hydrogen-bond donors (Lipinski definition) is 1. The molecule has 0 aromatic heterocycles. The molecule has 0 heterocycles. The van der Waals surface area contributed by atoms with Gasteiger partial charge in [0, 0.05) is 13.0 Å². The lowest BCUT2D eigenvalue weighted by Gasteiger charge is -2.19. The summed E-state index contributed by atoms with van der Waals surface area (Å²) in [6.45, 7) is 0.909. The highest BCUT2D eigenvalue weighted by Gasteiger charge is 2.30. The molecule has 1 fully saturated rings. The van der Waals surface area contributed by atoms with Crippen molar-refractivity contribution in [2.45, 2.75) is 44.2 Å². The molecular formula is C15H21NO. The van der Waals surface area contributed by atoms with Crippen molar-refractivity contribution < 1.29 is 4.74 Å². The van der Waals surface area contributed by atoms with E-state index in [9.17, 15) is 0 Å². The second-order valence-electron chi connectivity index (χ2n) is 5.45. The Morgan fingerprint density at radius 3 is 2.71 bits per heavy atom. The lowest BCUT2D eigenvalue weighted by Crippen LogP contribution is -2.27. The molecule has 1 aromatic carbocycles. The van der Waals surface area contributed by atoms with Crippen LogP contribution in [0.3, 0.4) is 0 Å². The first-order chi connectivity index (χ1) is 8.34. The third-order valence-corrected chi connectivity index (χ3v) is 4.26. The summed E-state index contributed by atoms with van der Waals surface area (Å²) in [7, 11) is 0. The van der Waals surface area contributed by atoms with Gasteiger partial charge in [0.25, 0.3) is 0 Å². The first-order valence-electron chi connectivity index (χ1n) is 6.79. The second-order valence-corrected chi connectivity index (χ2v) is 5.45. The lowest BCUT2D eigenvalue weighted by molar-refractivity contribution is 0.0220. The van der Waals surface area contributed by atoms with Gasteiger partial charge in [-0.3, -0.25) is 0 Å². The van der Waals surface area contributed by atoms with Crippen LogP contribution in [-0.2, 0) is 11.2 Å². The maximum atomic E-state index is 6.25. The van der Waals surface area contributed by atoms with Crippen LogP contribution >= 0.6 is 0 Å². The SMILES string of the molecule is NC1c2ccccc2CC1OCC1CCCC1. The van der Waals surface area contributed by atoms with E-state index in [4.69, 9.17) is 10.5 Å². The van der Waals surface area contributed by atoms with Crippen LogP contribution in [0.25, 0.3) is 0 Å². The standard InChI is InChI=1S/C15H21NO/c16-15-13-8-4-3-7-12(13)9-14(15)17-10-11-5-1-2-6-11/h3-4,7-8,11,14-15H,1-2,5-6,9-10,16H2. The Hall–Kier alpha value is -0.860. The van der Waals surface area contributed by atoms with Gasteiger partial charge in [-0.05, 0) is 29.9 Å². The van der Waals surface area contributed by atoms with E-state index in [0.29, 0.717) is 0 Å². The highest BCUT2D eigenvalue weighted by atomic mass is 16.5. The van der Waals surface area contributed by atoms with Gasteiger partial charge in [-0.1, -0.05) is 37.1 Å². The summed E-state index contributed by atoms with van der Waals surface area (Å²) in [4.78, 5) is 0. The zero-order valence-electron chi connectivity index (χ0n) is 10.3. The summed E-state index contributed by atoms with van der Waals surface area (Å²) < 4.78 is 6.06. The predicted octanol–water partition coefficient (Wildman–Crippen LogP) is 2.82. The highest BCUT2D eigenvalue weighted by molar-refractivity contribution is 5.36. The Balaban J connectivity index is 1.59. The zero-order valence-corrected chi connectivity index (χ0v) is 10.3. The van der Waals surface area contributed by atoms with Crippen molar-refractivity contribution in [1.29, 1.82) is 0 Å². The molecule has 0 aliphatic heterocycles. The monoisotopic (exact) mass is 231 g/mol. The molecule has 3 rings (SSSR count). The minimum atomic E-state index is 0.0765. The minimum absolute atomic E-state index is 0.0765. The smallest absolute Gasteiger partial charge is 0.0808 e. The summed E-state index contributed by atoms with van der Waals surface area (Å²) in [5.74, 6) is 0.783. The number of fused-ring (bicyclic) bond motifs is 1. The average molecular weight is 231 g/mol. The lowest BCUT2D eigenvalue weighted by atomic mass is 10.1. The van der Waals surface area contributed by atoms with E-state index in [1.54, 1.807) is 0 Å². The van der Waals surface area contributed by atoms with E-state index in [-0.39, 0.29) is 12.1 Å². The molecule has 17 heavy (non-hydrogen) atoms. The van der Waals surface area contributed by atoms with Crippen molar-refractivity contribution in [3.8, 4) is 0 Å². The fraction of sp³-hybridized carbons (Fsp3) is 0.600. The van der Waals surface area contributed by atoms with Crippen molar-refractivity contribution in [1.82, 2.24) is 0 Å². The van der Waals surface area contributed by atoms with Crippen LogP contribution in [0.4, 0.5) is 0 Å². The molecule has 92 valence electrons. The van der Waals surface area contributed by atoms with E-state index >= 15 is 0 Å². The number of benzene rings is 1. The fourth-order valence-corrected chi connectivity index (χ4v) is 3.19. The summed E-state index contributed by atoms with van der Waals surface area (Å²) >= 11 is 0. The largest absolute Gasteiger partial charge is 0.376 e. The van der Waals surface area contributed by atoms with E-state index < -0.39 is 0 Å². The van der Waals surface area contributed by atoms with Gasteiger partial charge in [-0.25, -0.2) is 0 Å². The maximum absolute atomic E-state index is 6.25. The minimum Gasteiger partial charge on any atom is -0.376 e. The van der Waals surface area contributed by atoms with E-state index in [1.165, 1.54) is 36.8 Å². The fourth-order valence-electron chi connectivity index (χ4n) is 3.19. The zero-order chi connectivity index (χ0) is 11.7. The van der Waals surface area contributed by atoms with Crippen molar-refractivity contribution >= 4 is 0 Å². The van der Waals surface area contributed by atoms with Crippen LogP contribution in [0.2, 0.25) is 0 Å². The molecule has 0 amide bonds. The number of ether oxygens (including phenoxy) is 1. The van der Waals surface area contributed by atoms with Crippen LogP contribution in [0.15, 0.2) is 24.3 Å². The van der Waals surface area contributed by atoms with Crippen molar-refractivity contribution in [2.24, 2.45) is 11.7 Å². The van der Waals surface area contributed by atoms with Crippen molar-refractivity contribution in [3.63, 3.8) is 0 Å². The van der Waals surface area contributed by atoms with Gasteiger partial charge in [0.05, 0.1) is 12.1 Å². The van der Waals surface area contributed by atoms with Gasteiger partial charge < -0.3 is 10.5 Å². The molecule has 0 saturated heterocycles. The highest BCUT2D eigenvalue weighted by Crippen LogP contribution is 2.33. The number of nitrogens with two attached hydrogens (primary N) is 1. The first-order valence-corrected chi connectivity index (χ1v) is 6.79. The Morgan fingerprint density at radius 2 is 1.94 bits per heavy atom. The van der Waals surface area contributed by atoms with Gasteiger partial charge in [0.1, 0.15) is 0 Å². The van der Waals surface area contributed by atoms with Crippen LogP contribution in [0.1, 0.15) is 42.9 Å². The Kier molecular flexibility index (Phi) is 3.17. The third kappa shape index (κ3) is 2.24. The quantitative estimate of drug-likeness (QED) is 0.868. The molecule has 1 aromatic rings. The van der Waals surface area contributed by atoms with Gasteiger partial charge in [0.15, 0.2) is 0 Å². The summed E-state index contributed by atoms with van der Waals surface area (Å²) in [6, 6.07) is 8.54. The Bertz CT molecular complexity index is 384. The van der Waals surface area contributed by atoms with E-state index in [1.807, 2.05) is 0 Å². The molecule has 0 radical (unpaired) electrons. The van der Waals surface area contributed by atoms with Crippen molar-refractivity contribution in [3.05, 3.63) is 35.4 Å². The summed E-state index contributed by atoms with van der Waals surface area (Å²) in [5.41, 5.74) is 8.90. The number of hydrogen-bond acceptors (Lipinski definition) is 2. The average Bonchev–Trinajstić information content (AvgIpc) is 2.96. The molecule has 2 atom stereocenters.